The maximum absolute atomic E-state index is 12.9. The van der Waals surface area contributed by atoms with E-state index in [1.807, 2.05) is 0 Å². The Hall–Kier alpha value is -0.870. The van der Waals surface area contributed by atoms with Crippen LogP contribution in [0.25, 0.3) is 0 Å². The molecular formula is C17H26N2OS. The van der Waals surface area contributed by atoms with Crippen molar-refractivity contribution in [3.8, 4) is 0 Å². The van der Waals surface area contributed by atoms with Gasteiger partial charge in [0.05, 0.1) is 5.54 Å². The lowest BCUT2D eigenvalue weighted by Crippen LogP contribution is -2.43. The highest BCUT2D eigenvalue weighted by atomic mass is 32.1. The van der Waals surface area contributed by atoms with Gasteiger partial charge in [-0.1, -0.05) is 26.3 Å². The summed E-state index contributed by atoms with van der Waals surface area (Å²) in [6.07, 6.45) is 5.93. The Balaban J connectivity index is 1.85. The summed E-state index contributed by atoms with van der Waals surface area (Å²) in [5, 5.41) is 5.70. The molecule has 4 heteroatoms. The second kappa shape index (κ2) is 5.40. The fourth-order valence-corrected chi connectivity index (χ4v) is 4.31. The number of hydrogen-bond donors (Lipinski definition) is 1. The number of hydrogen-bond acceptors (Lipinski definition) is 3. The highest BCUT2D eigenvalue weighted by molar-refractivity contribution is 7.10. The fraction of sp³-hybridized carbons (Fsp3) is 0.706. The van der Waals surface area contributed by atoms with Crippen molar-refractivity contribution in [3.05, 3.63) is 22.4 Å². The molecule has 2 aliphatic rings. The van der Waals surface area contributed by atoms with E-state index in [2.05, 4.69) is 48.5 Å². The van der Waals surface area contributed by atoms with Gasteiger partial charge in [0.2, 0.25) is 5.91 Å². The molecule has 0 bridgehead atoms. The lowest BCUT2D eigenvalue weighted by Gasteiger charge is -2.28. The first kappa shape index (κ1) is 15.0. The molecule has 0 spiro atoms. The molecule has 1 amide bonds. The van der Waals surface area contributed by atoms with Gasteiger partial charge in [0, 0.05) is 11.4 Å². The zero-order chi connectivity index (χ0) is 15.1. The number of nitrogens with zero attached hydrogens (tertiary/aromatic N) is 1. The predicted octanol–water partition coefficient (Wildman–Crippen LogP) is 3.93. The molecule has 2 fully saturated rings. The minimum absolute atomic E-state index is 0.0665. The molecule has 1 saturated heterocycles. The third kappa shape index (κ3) is 2.64. The molecule has 3 nitrogen and oxygen atoms in total. The molecule has 2 unspecified atom stereocenters. The predicted molar refractivity (Wildman–Crippen MR) is 87.2 cm³/mol. The summed E-state index contributed by atoms with van der Waals surface area (Å²) in [7, 11) is 0. The van der Waals surface area contributed by atoms with Gasteiger partial charge in [0.1, 0.15) is 6.17 Å². The average Bonchev–Trinajstić information content (AvgIpc) is 2.93. The molecule has 116 valence electrons. The Morgan fingerprint density at radius 2 is 2.19 bits per heavy atom. The summed E-state index contributed by atoms with van der Waals surface area (Å²) in [6, 6.07) is 4.22. The summed E-state index contributed by atoms with van der Waals surface area (Å²) >= 11 is 1.74. The first-order valence-electron chi connectivity index (χ1n) is 8.16. The average molecular weight is 306 g/mol. The van der Waals surface area contributed by atoms with Crippen molar-refractivity contribution in [2.24, 2.45) is 5.41 Å². The molecule has 21 heavy (non-hydrogen) atoms. The van der Waals surface area contributed by atoms with Crippen molar-refractivity contribution in [1.82, 2.24) is 10.2 Å². The highest BCUT2D eigenvalue weighted by Gasteiger charge is 2.52. The van der Waals surface area contributed by atoms with Crippen LogP contribution in [0.15, 0.2) is 17.5 Å². The van der Waals surface area contributed by atoms with E-state index < -0.39 is 5.54 Å². The van der Waals surface area contributed by atoms with Crippen molar-refractivity contribution in [2.75, 3.05) is 6.54 Å². The lowest BCUT2D eigenvalue weighted by molar-refractivity contribution is -0.133. The van der Waals surface area contributed by atoms with Crippen LogP contribution in [0, 0.1) is 5.41 Å². The molecule has 2 atom stereocenters. The van der Waals surface area contributed by atoms with E-state index in [1.54, 1.807) is 11.3 Å². The molecule has 1 aromatic heterocycles. The molecular weight excluding hydrogens is 280 g/mol. The van der Waals surface area contributed by atoms with Gasteiger partial charge < -0.3 is 4.90 Å². The number of nitrogens with one attached hydrogen (secondary N) is 1. The smallest absolute Gasteiger partial charge is 0.244 e. The largest absolute Gasteiger partial charge is 0.320 e. The molecule has 1 aromatic rings. The quantitative estimate of drug-likeness (QED) is 0.863. The van der Waals surface area contributed by atoms with Gasteiger partial charge in [-0.25, -0.2) is 0 Å². The van der Waals surface area contributed by atoms with Crippen LogP contribution < -0.4 is 5.32 Å². The summed E-state index contributed by atoms with van der Waals surface area (Å²) in [6.45, 7) is 7.32. The third-order valence-electron chi connectivity index (χ3n) is 5.26. The van der Waals surface area contributed by atoms with E-state index in [0.29, 0.717) is 5.41 Å². The van der Waals surface area contributed by atoms with Gasteiger partial charge in [-0.3, -0.25) is 10.1 Å². The molecule has 1 aliphatic heterocycles. The standard InChI is InChI=1S/C17H26N2OS/c1-4-8-17(9-10-17)12-19-14(13-7-6-11-21-13)18-16(3,5-2)15(19)20/h6-7,11,14,18H,4-5,8-10,12H2,1-3H3. The maximum Gasteiger partial charge on any atom is 0.244 e. The summed E-state index contributed by atoms with van der Waals surface area (Å²) in [5.74, 6) is 0.283. The minimum atomic E-state index is -0.406. The van der Waals surface area contributed by atoms with Gasteiger partial charge in [0.25, 0.3) is 0 Å². The maximum atomic E-state index is 12.9. The van der Waals surface area contributed by atoms with E-state index in [9.17, 15) is 4.79 Å². The van der Waals surface area contributed by atoms with Crippen LogP contribution in [-0.2, 0) is 4.79 Å². The van der Waals surface area contributed by atoms with Crippen molar-refractivity contribution in [1.29, 1.82) is 0 Å². The van der Waals surface area contributed by atoms with Crippen LogP contribution in [0.1, 0.15) is 63.9 Å². The Morgan fingerprint density at radius 1 is 1.43 bits per heavy atom. The number of rotatable bonds is 6. The fourth-order valence-electron chi connectivity index (χ4n) is 3.52. The van der Waals surface area contributed by atoms with E-state index in [0.717, 1.165) is 13.0 Å². The Labute approximate surface area is 131 Å². The normalized spacial score (nSPS) is 30.9. The van der Waals surface area contributed by atoms with Crippen LogP contribution in [0.2, 0.25) is 0 Å². The highest BCUT2D eigenvalue weighted by Crippen LogP contribution is 2.52. The summed E-state index contributed by atoms with van der Waals surface area (Å²) < 4.78 is 0. The van der Waals surface area contributed by atoms with Gasteiger partial charge in [-0.05, 0) is 49.5 Å². The third-order valence-corrected chi connectivity index (χ3v) is 6.19. The van der Waals surface area contributed by atoms with Gasteiger partial charge in [-0.15, -0.1) is 11.3 Å². The first-order chi connectivity index (χ1) is 10.0. The van der Waals surface area contributed by atoms with Gasteiger partial charge in [-0.2, -0.15) is 0 Å². The van der Waals surface area contributed by atoms with E-state index >= 15 is 0 Å². The van der Waals surface area contributed by atoms with E-state index in [1.165, 1.54) is 30.6 Å². The molecule has 2 heterocycles. The molecule has 3 rings (SSSR count). The SMILES string of the molecule is CCCC1(CN2C(=O)C(C)(CC)NC2c2cccs2)CC1. The van der Waals surface area contributed by atoms with Crippen LogP contribution in [0.4, 0.5) is 0 Å². The van der Waals surface area contributed by atoms with Crippen molar-refractivity contribution in [2.45, 2.75) is 64.6 Å². The minimum Gasteiger partial charge on any atom is -0.320 e. The first-order valence-corrected chi connectivity index (χ1v) is 9.04. The number of carbonyl (C=O) groups is 1. The molecule has 1 N–H and O–H groups in total. The second-order valence-corrected chi connectivity index (χ2v) is 7.91. The van der Waals surface area contributed by atoms with Crippen molar-refractivity contribution < 1.29 is 4.79 Å². The molecule has 0 radical (unpaired) electrons. The van der Waals surface area contributed by atoms with E-state index in [-0.39, 0.29) is 12.1 Å². The van der Waals surface area contributed by atoms with Crippen LogP contribution in [-0.4, -0.2) is 22.9 Å². The van der Waals surface area contributed by atoms with Gasteiger partial charge in [0.15, 0.2) is 0 Å². The Bertz CT molecular complexity index is 509. The summed E-state index contributed by atoms with van der Waals surface area (Å²) in [5.41, 5.74) is -0.00244. The molecule has 0 aromatic carbocycles. The lowest BCUT2D eigenvalue weighted by atomic mass is 9.97. The number of thiophene rings is 1. The Kier molecular flexibility index (Phi) is 3.87. The van der Waals surface area contributed by atoms with Gasteiger partial charge >= 0.3 is 0 Å². The van der Waals surface area contributed by atoms with Crippen LogP contribution >= 0.6 is 11.3 Å². The number of amides is 1. The topological polar surface area (TPSA) is 32.3 Å². The molecule has 1 aliphatic carbocycles. The monoisotopic (exact) mass is 306 g/mol. The summed E-state index contributed by atoms with van der Waals surface area (Å²) in [4.78, 5) is 16.3. The van der Waals surface area contributed by atoms with E-state index in [4.69, 9.17) is 0 Å². The second-order valence-electron chi connectivity index (χ2n) is 6.93. The van der Waals surface area contributed by atoms with Crippen molar-refractivity contribution >= 4 is 17.2 Å². The zero-order valence-electron chi connectivity index (χ0n) is 13.3. The Morgan fingerprint density at radius 3 is 2.71 bits per heavy atom. The number of carbonyl (C=O) groups excluding carboxylic acids is 1. The van der Waals surface area contributed by atoms with Crippen LogP contribution in [0.5, 0.6) is 0 Å². The van der Waals surface area contributed by atoms with Crippen LogP contribution in [0.3, 0.4) is 0 Å². The van der Waals surface area contributed by atoms with Crippen molar-refractivity contribution in [3.63, 3.8) is 0 Å². The molecule has 1 saturated carbocycles. The zero-order valence-corrected chi connectivity index (χ0v) is 14.1.